The minimum atomic E-state index is -0.191. The fourth-order valence-electron chi connectivity index (χ4n) is 3.06. The Balaban J connectivity index is 1.89. The van der Waals surface area contributed by atoms with Crippen LogP contribution < -0.4 is 14.4 Å². The molecule has 3 rings (SSSR count). The van der Waals surface area contributed by atoms with Crippen molar-refractivity contribution in [1.29, 1.82) is 0 Å². The lowest BCUT2D eigenvalue weighted by Gasteiger charge is -2.28. The Hall–Kier alpha value is -2.54. The zero-order chi connectivity index (χ0) is 19.6. The van der Waals surface area contributed by atoms with Gasteiger partial charge in [-0.3, -0.25) is 4.90 Å². The van der Waals surface area contributed by atoms with Crippen molar-refractivity contribution in [1.82, 2.24) is 5.01 Å². The maximum Gasteiger partial charge on any atom is 0.344 e. The van der Waals surface area contributed by atoms with Crippen LogP contribution in [0.4, 0.5) is 10.5 Å². The maximum atomic E-state index is 13.0. The molecule has 0 saturated heterocycles. The second-order valence-electron chi connectivity index (χ2n) is 6.37. The van der Waals surface area contributed by atoms with Crippen LogP contribution in [0, 0.1) is 0 Å². The monoisotopic (exact) mass is 431 g/mol. The molecule has 2 aromatic carbocycles. The van der Waals surface area contributed by atoms with Gasteiger partial charge in [0.25, 0.3) is 0 Å². The molecule has 1 unspecified atom stereocenters. The van der Waals surface area contributed by atoms with E-state index in [2.05, 4.69) is 21.0 Å². The second kappa shape index (κ2) is 8.00. The molecule has 0 saturated carbocycles. The summed E-state index contributed by atoms with van der Waals surface area (Å²) in [6.45, 7) is 1.98. The van der Waals surface area contributed by atoms with Crippen LogP contribution in [0.2, 0.25) is 0 Å². The van der Waals surface area contributed by atoms with Crippen LogP contribution in [0.5, 0.6) is 11.5 Å². The Kier molecular flexibility index (Phi) is 5.70. The molecule has 2 amide bonds. The minimum Gasteiger partial charge on any atom is -0.493 e. The molecule has 1 aliphatic rings. The summed E-state index contributed by atoms with van der Waals surface area (Å²) in [7, 11) is 4.96. The fourth-order valence-corrected chi connectivity index (χ4v) is 3.45. The third-order valence-electron chi connectivity index (χ3n) is 4.58. The highest BCUT2D eigenvalue weighted by Crippen LogP contribution is 2.32. The summed E-state index contributed by atoms with van der Waals surface area (Å²) in [4.78, 5) is 14.6. The third-order valence-corrected chi connectivity index (χ3v) is 5.07. The van der Waals surface area contributed by atoms with Crippen molar-refractivity contribution in [2.24, 2.45) is 5.10 Å². The zero-order valence-electron chi connectivity index (χ0n) is 15.8. The Bertz CT molecular complexity index is 885. The van der Waals surface area contributed by atoms with E-state index in [-0.39, 0.29) is 12.1 Å². The van der Waals surface area contributed by atoms with Crippen molar-refractivity contribution < 1.29 is 14.3 Å². The smallest absolute Gasteiger partial charge is 0.344 e. The molecule has 0 radical (unpaired) electrons. The molecule has 1 heterocycles. The molecule has 0 N–H and O–H groups in total. The highest BCUT2D eigenvalue weighted by atomic mass is 79.9. The van der Waals surface area contributed by atoms with Gasteiger partial charge in [-0.2, -0.15) is 5.10 Å². The molecule has 0 spiro atoms. The van der Waals surface area contributed by atoms with Gasteiger partial charge in [-0.1, -0.05) is 22.0 Å². The van der Waals surface area contributed by atoms with Crippen molar-refractivity contribution >= 4 is 33.9 Å². The SMILES string of the molecule is COc1cc2c(cc1OC)CC(C)N(C(=O)N(C)c1cccc(Br)c1)N=C2. The molecule has 0 bridgehead atoms. The number of benzene rings is 2. The fraction of sp³-hybridized carbons (Fsp3) is 0.300. The largest absolute Gasteiger partial charge is 0.493 e. The molecule has 1 aliphatic heterocycles. The van der Waals surface area contributed by atoms with Crippen LogP contribution in [-0.2, 0) is 6.42 Å². The average molecular weight is 432 g/mol. The van der Waals surface area contributed by atoms with Gasteiger partial charge in [0.05, 0.1) is 26.5 Å². The first-order valence-corrected chi connectivity index (χ1v) is 9.35. The summed E-state index contributed by atoms with van der Waals surface area (Å²) < 4.78 is 11.7. The highest BCUT2D eigenvalue weighted by molar-refractivity contribution is 9.10. The van der Waals surface area contributed by atoms with Crippen LogP contribution in [0.3, 0.4) is 0 Å². The Morgan fingerprint density at radius 2 is 1.93 bits per heavy atom. The average Bonchev–Trinajstić information content (AvgIpc) is 2.83. The summed E-state index contributed by atoms with van der Waals surface area (Å²) in [6, 6.07) is 11.1. The van der Waals surface area contributed by atoms with Gasteiger partial charge in [-0.05, 0) is 49.2 Å². The van der Waals surface area contributed by atoms with Crippen LogP contribution in [0.25, 0.3) is 0 Å². The van der Waals surface area contributed by atoms with Crippen LogP contribution in [0.1, 0.15) is 18.1 Å². The third kappa shape index (κ3) is 3.93. The number of nitrogens with zero attached hydrogens (tertiary/aromatic N) is 3. The number of methoxy groups -OCH3 is 2. The van der Waals surface area contributed by atoms with E-state index in [9.17, 15) is 4.79 Å². The number of fused-ring (bicyclic) bond motifs is 1. The number of halogens is 1. The Morgan fingerprint density at radius 1 is 1.22 bits per heavy atom. The molecule has 6 nitrogen and oxygen atoms in total. The van der Waals surface area contributed by atoms with Gasteiger partial charge in [-0.15, -0.1) is 0 Å². The number of rotatable bonds is 3. The number of carbonyl (C=O) groups is 1. The molecule has 142 valence electrons. The second-order valence-corrected chi connectivity index (χ2v) is 7.29. The van der Waals surface area contributed by atoms with Crippen LogP contribution >= 0.6 is 15.9 Å². The minimum absolute atomic E-state index is 0.109. The van der Waals surface area contributed by atoms with Gasteiger partial charge < -0.3 is 9.47 Å². The predicted molar refractivity (Wildman–Crippen MR) is 110 cm³/mol. The molecular formula is C20H22BrN3O3. The molecule has 0 aliphatic carbocycles. The van der Waals surface area contributed by atoms with Crippen LogP contribution in [0.15, 0.2) is 46.0 Å². The molecule has 7 heteroatoms. The van der Waals surface area contributed by atoms with Crippen molar-refractivity contribution in [3.05, 3.63) is 52.0 Å². The number of ether oxygens (including phenoxy) is 2. The number of hydrazone groups is 1. The van der Waals surface area contributed by atoms with Crippen molar-refractivity contribution in [2.75, 3.05) is 26.2 Å². The van der Waals surface area contributed by atoms with Crippen LogP contribution in [-0.4, -0.2) is 44.6 Å². The lowest BCUT2D eigenvalue weighted by atomic mass is 10.0. The van der Waals surface area contributed by atoms with E-state index in [4.69, 9.17) is 9.47 Å². The maximum absolute atomic E-state index is 13.0. The Morgan fingerprint density at radius 3 is 2.59 bits per heavy atom. The van der Waals surface area contributed by atoms with Gasteiger partial charge >= 0.3 is 6.03 Å². The predicted octanol–water partition coefficient (Wildman–Crippen LogP) is 4.30. The van der Waals surface area contributed by atoms with Gasteiger partial charge in [-0.25, -0.2) is 9.80 Å². The van der Waals surface area contributed by atoms with Gasteiger partial charge in [0.2, 0.25) is 0 Å². The van der Waals surface area contributed by atoms with E-state index in [0.29, 0.717) is 17.9 Å². The van der Waals surface area contributed by atoms with Crippen molar-refractivity contribution in [3.63, 3.8) is 0 Å². The summed E-state index contributed by atoms with van der Waals surface area (Å²) in [5.74, 6) is 1.31. The van der Waals surface area contributed by atoms with E-state index in [1.807, 2.05) is 43.3 Å². The number of hydrogen-bond donors (Lipinski definition) is 0. The molecule has 27 heavy (non-hydrogen) atoms. The Labute approximate surface area is 167 Å². The van der Waals surface area contributed by atoms with E-state index < -0.39 is 0 Å². The van der Waals surface area contributed by atoms with E-state index in [0.717, 1.165) is 21.3 Å². The van der Waals surface area contributed by atoms with E-state index in [1.165, 1.54) is 5.01 Å². The van der Waals surface area contributed by atoms with E-state index >= 15 is 0 Å². The normalized spacial score (nSPS) is 15.7. The summed E-state index contributed by atoms with van der Waals surface area (Å²) >= 11 is 3.44. The van der Waals surface area contributed by atoms with Gasteiger partial charge in [0.1, 0.15) is 0 Å². The number of carbonyl (C=O) groups excluding carboxylic acids is 1. The zero-order valence-corrected chi connectivity index (χ0v) is 17.4. The summed E-state index contributed by atoms with van der Waals surface area (Å²) in [5.41, 5.74) is 2.77. The molecule has 0 fully saturated rings. The highest BCUT2D eigenvalue weighted by Gasteiger charge is 2.27. The molecule has 2 aromatic rings. The first kappa shape index (κ1) is 19.2. The summed E-state index contributed by atoms with van der Waals surface area (Å²) in [5, 5.41) is 5.97. The quantitative estimate of drug-likeness (QED) is 0.727. The van der Waals surface area contributed by atoms with Crippen molar-refractivity contribution in [2.45, 2.75) is 19.4 Å². The molecular weight excluding hydrogens is 410 g/mol. The first-order valence-electron chi connectivity index (χ1n) is 8.56. The first-order chi connectivity index (χ1) is 12.9. The van der Waals surface area contributed by atoms with E-state index in [1.54, 1.807) is 32.4 Å². The number of anilines is 1. The number of hydrogen-bond acceptors (Lipinski definition) is 4. The topological polar surface area (TPSA) is 54.4 Å². The lowest BCUT2D eigenvalue weighted by molar-refractivity contribution is 0.190. The summed E-state index contributed by atoms with van der Waals surface area (Å²) in [6.07, 6.45) is 2.36. The molecule has 0 aromatic heterocycles. The standard InChI is InChI=1S/C20H22BrN3O3/c1-13-8-14-9-18(26-3)19(27-4)10-15(14)12-22-24(13)20(25)23(2)17-7-5-6-16(21)11-17/h5-7,9-13H,8H2,1-4H3. The lowest BCUT2D eigenvalue weighted by Crippen LogP contribution is -2.43. The number of amides is 2. The molecule has 1 atom stereocenters. The number of urea groups is 1. The van der Waals surface area contributed by atoms with Gasteiger partial charge in [0.15, 0.2) is 11.5 Å². The van der Waals surface area contributed by atoms with Crippen molar-refractivity contribution in [3.8, 4) is 11.5 Å². The van der Waals surface area contributed by atoms with Gasteiger partial charge in [0, 0.05) is 22.8 Å².